The van der Waals surface area contributed by atoms with E-state index < -0.39 is 16.0 Å². The maximum atomic E-state index is 11.7. The molecular weight excluding hydrogens is 701 g/mol. The Labute approximate surface area is 338 Å². The van der Waals surface area contributed by atoms with Crippen molar-refractivity contribution >= 4 is 22.7 Å². The molecule has 304 valence electrons. The number of rotatable bonds is 30. The third-order valence-electron chi connectivity index (χ3n) is 7.09. The monoisotopic (exact) mass is 773 g/mol. The molecule has 0 radical (unpaired) electrons. The lowest BCUT2D eigenvalue weighted by molar-refractivity contribution is -0.142. The van der Waals surface area contributed by atoms with Gasteiger partial charge in [-0.2, -0.15) is 0 Å². The highest BCUT2D eigenvalue weighted by Crippen LogP contribution is 2.06. The van der Waals surface area contributed by atoms with E-state index in [1.807, 2.05) is 24.3 Å². The summed E-state index contributed by atoms with van der Waals surface area (Å²) in [5.74, 6) is -0.681. The summed E-state index contributed by atoms with van der Waals surface area (Å²) in [6, 6.07) is 0. The van der Waals surface area contributed by atoms with E-state index in [2.05, 4.69) is 135 Å². The summed E-state index contributed by atoms with van der Waals surface area (Å²) in [5, 5.41) is -0.570. The number of carbonyl (C=O) groups is 2. The number of carbonyl (C=O) groups excluding carboxylic acids is 2. The highest BCUT2D eigenvalue weighted by molar-refractivity contribution is 7.85. The van der Waals surface area contributed by atoms with Gasteiger partial charge in [0.1, 0.15) is 5.25 Å². The molecule has 5 nitrogen and oxygen atoms in total. The van der Waals surface area contributed by atoms with E-state index in [-0.39, 0.29) is 11.9 Å². The lowest BCUT2D eigenvalue weighted by atomic mass is 10.2. The van der Waals surface area contributed by atoms with E-state index in [4.69, 9.17) is 9.47 Å². The van der Waals surface area contributed by atoms with Gasteiger partial charge in [0.05, 0.1) is 13.2 Å². The molecule has 0 aliphatic carbocycles. The summed E-state index contributed by atoms with van der Waals surface area (Å²) in [6.07, 6.45) is 68.2. The number of hydrogen-bond donors (Lipinski definition) is 0. The SMILES string of the molecule is CC/C=C\C/C=C\C/C=C\C/C=C\C/C=C\C/C=C/C=C/C(=O)OCC.CC/C=C\C/C=C\C/C=C\C/C=C\C/C=C\C/C=C\CC(C(=O)OCC)S(C)=O. The van der Waals surface area contributed by atoms with Crippen LogP contribution in [0.15, 0.2) is 158 Å². The summed E-state index contributed by atoms with van der Waals surface area (Å²) in [5.41, 5.74) is 0. The Morgan fingerprint density at radius 2 is 0.745 bits per heavy atom. The van der Waals surface area contributed by atoms with Crippen molar-refractivity contribution in [3.05, 3.63) is 158 Å². The van der Waals surface area contributed by atoms with E-state index in [1.165, 1.54) is 6.08 Å². The van der Waals surface area contributed by atoms with Crippen LogP contribution in [0.1, 0.15) is 111 Å². The molecule has 0 aromatic carbocycles. The predicted molar refractivity (Wildman–Crippen MR) is 241 cm³/mol. The van der Waals surface area contributed by atoms with Crippen LogP contribution in [0.3, 0.4) is 0 Å². The van der Waals surface area contributed by atoms with Crippen LogP contribution in [0.5, 0.6) is 0 Å². The maximum Gasteiger partial charge on any atom is 0.330 e. The highest BCUT2D eigenvalue weighted by Gasteiger charge is 2.21. The predicted octanol–water partition coefficient (Wildman–Crippen LogP) is 13.2. The first-order chi connectivity index (χ1) is 26.9. The molecule has 0 aliphatic rings. The van der Waals surface area contributed by atoms with Crippen LogP contribution in [0, 0.1) is 0 Å². The van der Waals surface area contributed by atoms with Gasteiger partial charge in [-0.25, -0.2) is 4.79 Å². The van der Waals surface area contributed by atoms with Gasteiger partial charge in [0.2, 0.25) is 0 Å². The van der Waals surface area contributed by atoms with Gasteiger partial charge in [-0.05, 0) is 97.3 Å². The van der Waals surface area contributed by atoms with E-state index in [0.29, 0.717) is 19.6 Å². The number of esters is 2. The molecule has 0 spiro atoms. The molecule has 2 unspecified atom stereocenters. The largest absolute Gasteiger partial charge is 0.465 e. The molecule has 0 saturated carbocycles. The van der Waals surface area contributed by atoms with E-state index in [0.717, 1.165) is 77.0 Å². The smallest absolute Gasteiger partial charge is 0.330 e. The molecule has 55 heavy (non-hydrogen) atoms. The second kappa shape index (κ2) is 45.9. The van der Waals surface area contributed by atoms with Crippen molar-refractivity contribution in [2.45, 2.75) is 116 Å². The second-order valence-corrected chi connectivity index (χ2v) is 13.4. The standard InChI is InChI=1S/C25H38O3S.C24H34O2/c1-4-6-7-8-9-10-11-12-13-14-15-16-17-18-19-20-21-22-23-24(29(3)27)25(26)28-5-2;1-3-5-6-7-8-9-10-11-12-13-14-15-16-17-18-19-20-21-22-23-24(25)26-4-2/h6-7,9-10,12-13,15-16,18-19,21-22,24H,4-5,8,11,14,17,20,23H2,1-3H3;5-6,8-9,11-12,14-15,17-18,20-23H,3-4,7,10,13,16,19H2,1-2H3/b7-6-,10-9-,13-12-,16-15-,19-18-,22-21-;6-5-,9-8-,12-11-,15-14-,18-17-,21-20+,23-22+. The van der Waals surface area contributed by atoms with Crippen molar-refractivity contribution in [2.75, 3.05) is 19.5 Å². The average molecular weight is 773 g/mol. The molecule has 0 aromatic heterocycles. The first kappa shape index (κ1) is 52.8. The number of allylic oxidation sites excluding steroid dienone is 25. The topological polar surface area (TPSA) is 69.7 Å². The summed E-state index contributed by atoms with van der Waals surface area (Å²) in [7, 11) is -1.22. The quantitative estimate of drug-likeness (QED) is 0.0315. The van der Waals surface area contributed by atoms with Crippen LogP contribution in [0.4, 0.5) is 0 Å². The molecule has 0 N–H and O–H groups in total. The molecule has 0 aromatic rings. The Morgan fingerprint density at radius 3 is 1.05 bits per heavy atom. The van der Waals surface area contributed by atoms with Crippen LogP contribution in [-0.4, -0.2) is 40.9 Å². The molecule has 0 heterocycles. The summed E-state index contributed by atoms with van der Waals surface area (Å²) in [4.78, 5) is 22.8. The van der Waals surface area contributed by atoms with Crippen molar-refractivity contribution < 1.29 is 23.3 Å². The van der Waals surface area contributed by atoms with Crippen LogP contribution in [0.25, 0.3) is 0 Å². The minimum atomic E-state index is -1.22. The van der Waals surface area contributed by atoms with Gasteiger partial charge >= 0.3 is 11.9 Å². The van der Waals surface area contributed by atoms with E-state index in [1.54, 1.807) is 26.2 Å². The van der Waals surface area contributed by atoms with Gasteiger partial charge in [0.15, 0.2) is 0 Å². The Hall–Kier alpha value is -4.29. The highest BCUT2D eigenvalue weighted by atomic mass is 32.2. The van der Waals surface area contributed by atoms with E-state index in [9.17, 15) is 13.8 Å². The zero-order valence-corrected chi connectivity index (χ0v) is 35.5. The molecule has 0 saturated heterocycles. The fourth-order valence-electron chi connectivity index (χ4n) is 4.25. The third kappa shape index (κ3) is 44.0. The fourth-order valence-corrected chi connectivity index (χ4v) is 4.97. The van der Waals surface area contributed by atoms with Gasteiger partial charge < -0.3 is 9.47 Å². The average Bonchev–Trinajstić information content (AvgIpc) is 3.17. The van der Waals surface area contributed by atoms with Gasteiger partial charge in [0, 0.05) is 23.1 Å². The summed E-state index contributed by atoms with van der Waals surface area (Å²) >= 11 is 0. The third-order valence-corrected chi connectivity index (χ3v) is 8.28. The maximum absolute atomic E-state index is 11.7. The fraction of sp³-hybridized carbons (Fsp3) is 0.429. The molecular formula is C49H72O5S. The molecule has 6 heteroatoms. The van der Waals surface area contributed by atoms with Gasteiger partial charge in [-0.3, -0.25) is 9.00 Å². The molecule has 0 bridgehead atoms. The van der Waals surface area contributed by atoms with Crippen LogP contribution >= 0.6 is 0 Å². The van der Waals surface area contributed by atoms with Crippen molar-refractivity contribution in [3.63, 3.8) is 0 Å². The van der Waals surface area contributed by atoms with Crippen LogP contribution < -0.4 is 0 Å². The minimum absolute atomic E-state index is 0.299. The Morgan fingerprint density at radius 1 is 0.436 bits per heavy atom. The molecule has 0 amide bonds. The molecule has 0 fully saturated rings. The first-order valence-corrected chi connectivity index (χ1v) is 21.7. The molecule has 2 atom stereocenters. The normalized spacial score (nSPS) is 14.1. The number of ether oxygens (including phenoxy) is 2. The first-order valence-electron chi connectivity index (χ1n) is 20.1. The Balaban J connectivity index is 0. The second-order valence-electron chi connectivity index (χ2n) is 11.9. The Bertz CT molecular complexity index is 1340. The van der Waals surface area contributed by atoms with Gasteiger partial charge in [0.25, 0.3) is 0 Å². The molecule has 0 aliphatic heterocycles. The van der Waals surface area contributed by atoms with Crippen molar-refractivity contribution in [1.82, 2.24) is 0 Å². The summed E-state index contributed by atoms with van der Waals surface area (Å²) in [6.45, 7) is 8.57. The van der Waals surface area contributed by atoms with Gasteiger partial charge in [-0.1, -0.05) is 166 Å². The van der Waals surface area contributed by atoms with E-state index >= 15 is 0 Å². The molecule has 0 rings (SSSR count). The minimum Gasteiger partial charge on any atom is -0.465 e. The van der Waals surface area contributed by atoms with Crippen LogP contribution in [-0.2, 0) is 29.9 Å². The van der Waals surface area contributed by atoms with Crippen LogP contribution in [0.2, 0.25) is 0 Å². The Kier molecular flexibility index (Phi) is 44.0. The number of hydrogen-bond acceptors (Lipinski definition) is 5. The van der Waals surface area contributed by atoms with Gasteiger partial charge in [-0.15, -0.1) is 0 Å². The van der Waals surface area contributed by atoms with Crippen molar-refractivity contribution in [2.24, 2.45) is 0 Å². The van der Waals surface area contributed by atoms with Crippen molar-refractivity contribution in [3.8, 4) is 0 Å². The lowest BCUT2D eigenvalue weighted by Crippen LogP contribution is -2.27. The zero-order valence-electron chi connectivity index (χ0n) is 34.6. The lowest BCUT2D eigenvalue weighted by Gasteiger charge is -2.10. The zero-order chi connectivity index (χ0) is 40.7. The summed E-state index contributed by atoms with van der Waals surface area (Å²) < 4.78 is 21.4. The van der Waals surface area contributed by atoms with Crippen molar-refractivity contribution in [1.29, 1.82) is 0 Å².